The van der Waals surface area contributed by atoms with Gasteiger partial charge in [-0.1, -0.05) is 49.7 Å². The third-order valence-electron chi connectivity index (χ3n) is 4.11. The highest BCUT2D eigenvalue weighted by atomic mass is 35.5. The normalized spacial score (nSPS) is 10.9. The number of carbonyl (C=O) groups is 1. The number of benzene rings is 2. The molecule has 0 aliphatic heterocycles. The Morgan fingerprint density at radius 1 is 1.25 bits per heavy atom. The third kappa shape index (κ3) is 4.55. The molecule has 28 heavy (non-hydrogen) atoms. The first-order valence-electron chi connectivity index (χ1n) is 8.51. The van der Waals surface area contributed by atoms with E-state index in [2.05, 4.69) is 31.0 Å². The second-order valence-electron chi connectivity index (χ2n) is 6.42. The zero-order valence-corrected chi connectivity index (χ0v) is 16.8. The standard InChI is InChI=1S/C20H17ClN2O4S/c1-12(2)13-3-5-14(6-4-13)19-22-15(11-28-19)10-27-20(24)17-9-16(23(25)26)7-8-18(17)21/h3-9,11-12H,10H2,1-2H3. The van der Waals surface area contributed by atoms with E-state index in [1.54, 1.807) is 0 Å². The van der Waals surface area contributed by atoms with Crippen molar-refractivity contribution in [1.82, 2.24) is 4.98 Å². The van der Waals surface area contributed by atoms with Gasteiger partial charge in [-0.15, -0.1) is 11.3 Å². The summed E-state index contributed by atoms with van der Waals surface area (Å²) < 4.78 is 5.23. The van der Waals surface area contributed by atoms with E-state index < -0.39 is 10.9 Å². The smallest absolute Gasteiger partial charge is 0.340 e. The Morgan fingerprint density at radius 2 is 1.96 bits per heavy atom. The average molecular weight is 417 g/mol. The Labute approximate surface area is 170 Å². The molecule has 0 fully saturated rings. The molecule has 0 radical (unpaired) electrons. The summed E-state index contributed by atoms with van der Waals surface area (Å²) in [5.41, 5.74) is 2.58. The van der Waals surface area contributed by atoms with Gasteiger partial charge in [0.25, 0.3) is 5.69 Å². The molecule has 0 amide bonds. The SMILES string of the molecule is CC(C)c1ccc(-c2nc(COC(=O)c3cc([N+](=O)[O-])ccc3Cl)cs2)cc1. The van der Waals surface area contributed by atoms with Crippen molar-refractivity contribution in [2.24, 2.45) is 0 Å². The fourth-order valence-corrected chi connectivity index (χ4v) is 3.52. The van der Waals surface area contributed by atoms with Crippen LogP contribution in [0.5, 0.6) is 0 Å². The average Bonchev–Trinajstić information content (AvgIpc) is 3.15. The molecule has 0 saturated heterocycles. The molecule has 2 aromatic carbocycles. The predicted octanol–water partition coefficient (Wildman–Crippen LogP) is 5.85. The van der Waals surface area contributed by atoms with Crippen molar-refractivity contribution in [3.8, 4) is 10.6 Å². The van der Waals surface area contributed by atoms with E-state index in [0.717, 1.165) is 16.6 Å². The first kappa shape index (κ1) is 20.0. The maximum absolute atomic E-state index is 12.2. The van der Waals surface area contributed by atoms with Gasteiger partial charge >= 0.3 is 5.97 Å². The van der Waals surface area contributed by atoms with Crippen molar-refractivity contribution >= 4 is 34.6 Å². The molecule has 0 aliphatic rings. The molecule has 0 atom stereocenters. The van der Waals surface area contributed by atoms with Gasteiger partial charge in [0.1, 0.15) is 11.6 Å². The number of non-ortho nitro benzene ring substituents is 1. The van der Waals surface area contributed by atoms with E-state index in [4.69, 9.17) is 16.3 Å². The maximum Gasteiger partial charge on any atom is 0.340 e. The highest BCUT2D eigenvalue weighted by molar-refractivity contribution is 7.13. The lowest BCUT2D eigenvalue weighted by molar-refractivity contribution is -0.384. The lowest BCUT2D eigenvalue weighted by Crippen LogP contribution is -2.07. The highest BCUT2D eigenvalue weighted by Crippen LogP contribution is 2.27. The van der Waals surface area contributed by atoms with Crippen LogP contribution in [0.25, 0.3) is 10.6 Å². The minimum atomic E-state index is -0.732. The number of halogens is 1. The number of aromatic nitrogens is 1. The number of esters is 1. The van der Waals surface area contributed by atoms with Crippen LogP contribution in [-0.4, -0.2) is 15.9 Å². The molecule has 0 unspecified atom stereocenters. The maximum atomic E-state index is 12.2. The molecule has 0 N–H and O–H groups in total. The van der Waals surface area contributed by atoms with Gasteiger partial charge < -0.3 is 4.74 Å². The topological polar surface area (TPSA) is 82.3 Å². The number of nitro benzene ring substituents is 1. The largest absolute Gasteiger partial charge is 0.456 e. The minimum Gasteiger partial charge on any atom is -0.456 e. The first-order valence-corrected chi connectivity index (χ1v) is 9.76. The summed E-state index contributed by atoms with van der Waals surface area (Å²) in [6, 6.07) is 11.8. The molecule has 0 spiro atoms. The fraction of sp³-hybridized carbons (Fsp3) is 0.200. The molecular weight excluding hydrogens is 400 g/mol. The van der Waals surface area contributed by atoms with Crippen LogP contribution in [0.3, 0.4) is 0 Å². The van der Waals surface area contributed by atoms with Crippen LogP contribution in [-0.2, 0) is 11.3 Å². The first-order chi connectivity index (χ1) is 13.3. The van der Waals surface area contributed by atoms with Gasteiger partial charge in [-0.05, 0) is 17.5 Å². The van der Waals surface area contributed by atoms with Gasteiger partial charge in [-0.2, -0.15) is 0 Å². The molecule has 0 saturated carbocycles. The molecule has 1 aromatic heterocycles. The fourth-order valence-electron chi connectivity index (χ4n) is 2.52. The molecule has 0 bridgehead atoms. The summed E-state index contributed by atoms with van der Waals surface area (Å²) >= 11 is 7.42. The van der Waals surface area contributed by atoms with Gasteiger partial charge in [0, 0.05) is 23.1 Å². The number of nitrogens with zero attached hydrogens (tertiary/aromatic N) is 2. The van der Waals surface area contributed by atoms with E-state index in [1.165, 1.54) is 29.0 Å². The summed E-state index contributed by atoms with van der Waals surface area (Å²) in [6.07, 6.45) is 0. The van der Waals surface area contributed by atoms with E-state index in [-0.39, 0.29) is 22.9 Å². The summed E-state index contributed by atoms with van der Waals surface area (Å²) in [7, 11) is 0. The van der Waals surface area contributed by atoms with Crippen LogP contribution < -0.4 is 0 Å². The van der Waals surface area contributed by atoms with Crippen molar-refractivity contribution < 1.29 is 14.5 Å². The number of ether oxygens (including phenoxy) is 1. The number of nitro groups is 1. The zero-order chi connectivity index (χ0) is 20.3. The lowest BCUT2D eigenvalue weighted by atomic mass is 10.0. The van der Waals surface area contributed by atoms with Gasteiger partial charge in [0.2, 0.25) is 0 Å². The van der Waals surface area contributed by atoms with Crippen molar-refractivity contribution in [2.45, 2.75) is 26.4 Å². The van der Waals surface area contributed by atoms with Crippen molar-refractivity contribution in [3.05, 3.63) is 79.8 Å². The third-order valence-corrected chi connectivity index (χ3v) is 5.38. The minimum absolute atomic E-state index is 0.0432. The summed E-state index contributed by atoms with van der Waals surface area (Å²) in [4.78, 5) is 27.0. The Bertz CT molecular complexity index is 1020. The van der Waals surface area contributed by atoms with Crippen LogP contribution in [0.15, 0.2) is 47.8 Å². The molecule has 1 heterocycles. The lowest BCUT2D eigenvalue weighted by Gasteiger charge is -2.05. The van der Waals surface area contributed by atoms with Gasteiger partial charge in [0.05, 0.1) is 21.2 Å². The second-order valence-corrected chi connectivity index (χ2v) is 7.68. The van der Waals surface area contributed by atoms with Gasteiger partial charge in [-0.3, -0.25) is 10.1 Å². The number of hydrogen-bond acceptors (Lipinski definition) is 6. The molecule has 6 nitrogen and oxygen atoms in total. The van der Waals surface area contributed by atoms with Crippen LogP contribution in [0.4, 0.5) is 5.69 Å². The van der Waals surface area contributed by atoms with Crippen molar-refractivity contribution in [2.75, 3.05) is 0 Å². The quantitative estimate of drug-likeness (QED) is 0.286. The van der Waals surface area contributed by atoms with Crippen LogP contribution >= 0.6 is 22.9 Å². The Balaban J connectivity index is 1.68. The number of hydrogen-bond donors (Lipinski definition) is 0. The molecular formula is C20H17ClN2O4S. The highest BCUT2D eigenvalue weighted by Gasteiger charge is 2.17. The summed E-state index contributed by atoms with van der Waals surface area (Å²) in [5.74, 6) is -0.273. The number of carbonyl (C=O) groups excluding carboxylic acids is 1. The molecule has 8 heteroatoms. The predicted molar refractivity (Wildman–Crippen MR) is 109 cm³/mol. The van der Waals surface area contributed by atoms with Crippen LogP contribution in [0.2, 0.25) is 5.02 Å². The van der Waals surface area contributed by atoms with Crippen molar-refractivity contribution in [1.29, 1.82) is 0 Å². The van der Waals surface area contributed by atoms with E-state index in [9.17, 15) is 14.9 Å². The monoisotopic (exact) mass is 416 g/mol. The molecule has 0 aliphatic carbocycles. The van der Waals surface area contributed by atoms with E-state index in [0.29, 0.717) is 11.6 Å². The Morgan fingerprint density at radius 3 is 2.61 bits per heavy atom. The van der Waals surface area contributed by atoms with Crippen molar-refractivity contribution in [3.63, 3.8) is 0 Å². The second kappa shape index (κ2) is 8.50. The summed E-state index contributed by atoms with van der Waals surface area (Å²) in [6.45, 7) is 4.23. The van der Waals surface area contributed by atoms with Gasteiger partial charge in [-0.25, -0.2) is 9.78 Å². The number of thiazole rings is 1. The van der Waals surface area contributed by atoms with Crippen LogP contribution in [0.1, 0.15) is 41.4 Å². The Kier molecular flexibility index (Phi) is 6.06. The zero-order valence-electron chi connectivity index (χ0n) is 15.2. The molecule has 3 rings (SSSR count). The van der Waals surface area contributed by atoms with Crippen LogP contribution in [0, 0.1) is 10.1 Å². The number of rotatable bonds is 6. The summed E-state index contributed by atoms with van der Waals surface area (Å²) in [5, 5.41) is 13.6. The Hall–Kier alpha value is -2.77. The molecule has 3 aromatic rings. The van der Waals surface area contributed by atoms with E-state index >= 15 is 0 Å². The van der Waals surface area contributed by atoms with E-state index in [1.807, 2.05) is 17.5 Å². The van der Waals surface area contributed by atoms with Gasteiger partial charge in [0.15, 0.2) is 0 Å². The molecule has 144 valence electrons.